The molecular formula is C17H23N3O4. The van der Waals surface area contributed by atoms with E-state index in [2.05, 4.69) is 4.98 Å². The Labute approximate surface area is 141 Å². The average Bonchev–Trinajstić information content (AvgIpc) is 2.57. The van der Waals surface area contributed by atoms with E-state index in [0.29, 0.717) is 5.75 Å². The Morgan fingerprint density at radius 2 is 2.08 bits per heavy atom. The van der Waals surface area contributed by atoms with Gasteiger partial charge in [-0.3, -0.25) is 9.69 Å². The first-order valence-corrected chi connectivity index (χ1v) is 8.44. The van der Waals surface area contributed by atoms with Crippen molar-refractivity contribution in [1.29, 1.82) is 0 Å². The van der Waals surface area contributed by atoms with E-state index < -0.39 is 18.1 Å². The molecule has 2 aliphatic rings. The van der Waals surface area contributed by atoms with Crippen LogP contribution in [0.2, 0.25) is 0 Å². The number of ether oxygens (including phenoxy) is 2. The molecule has 7 heteroatoms. The van der Waals surface area contributed by atoms with Crippen molar-refractivity contribution in [2.75, 3.05) is 10.6 Å². The molecule has 130 valence electrons. The number of nitrogen functional groups attached to an aromatic ring is 1. The lowest BCUT2D eigenvalue weighted by Crippen LogP contribution is -2.52. The van der Waals surface area contributed by atoms with Gasteiger partial charge in [-0.15, -0.1) is 0 Å². The van der Waals surface area contributed by atoms with Crippen LogP contribution in [0.5, 0.6) is 5.75 Å². The van der Waals surface area contributed by atoms with E-state index in [4.69, 9.17) is 15.2 Å². The maximum atomic E-state index is 12.5. The maximum Gasteiger partial charge on any atom is 0.329 e. The van der Waals surface area contributed by atoms with Gasteiger partial charge in [0.25, 0.3) is 5.91 Å². The van der Waals surface area contributed by atoms with Crippen molar-refractivity contribution in [2.24, 2.45) is 0 Å². The summed E-state index contributed by atoms with van der Waals surface area (Å²) in [6.07, 6.45) is 4.34. The number of fused-ring (bicyclic) bond motifs is 1. The third kappa shape index (κ3) is 3.16. The van der Waals surface area contributed by atoms with E-state index in [-0.39, 0.29) is 23.6 Å². The normalized spacial score (nSPS) is 22.5. The van der Waals surface area contributed by atoms with Gasteiger partial charge in [-0.1, -0.05) is 6.42 Å². The number of aromatic nitrogens is 1. The highest BCUT2D eigenvalue weighted by atomic mass is 16.5. The maximum absolute atomic E-state index is 12.5. The van der Waals surface area contributed by atoms with Gasteiger partial charge in [0.15, 0.2) is 17.7 Å². The van der Waals surface area contributed by atoms with Crippen LogP contribution in [0.4, 0.5) is 11.6 Å². The third-order valence-electron chi connectivity index (χ3n) is 4.54. The van der Waals surface area contributed by atoms with Crippen LogP contribution in [0.1, 0.15) is 46.0 Å². The fourth-order valence-electron chi connectivity index (χ4n) is 3.18. The van der Waals surface area contributed by atoms with Gasteiger partial charge in [-0.2, -0.15) is 0 Å². The molecule has 2 heterocycles. The molecule has 0 saturated heterocycles. The van der Waals surface area contributed by atoms with Crippen molar-refractivity contribution in [3.05, 3.63) is 12.1 Å². The highest BCUT2D eigenvalue weighted by Gasteiger charge is 2.39. The van der Waals surface area contributed by atoms with E-state index in [1.807, 2.05) is 0 Å². The van der Waals surface area contributed by atoms with Crippen molar-refractivity contribution >= 4 is 23.5 Å². The molecule has 1 aliphatic carbocycles. The van der Waals surface area contributed by atoms with Gasteiger partial charge in [0.1, 0.15) is 18.0 Å². The standard InChI is InChI=1S/C17H23N3O4/c1-10(17(22)24-12-6-4-3-5-7-12)20-15-13(8-9-14(18)19-15)23-11(2)16(20)21/h8-12H,3-7H2,1-2H3,(H2,18,19). The van der Waals surface area contributed by atoms with Crippen LogP contribution in [-0.2, 0) is 14.3 Å². The van der Waals surface area contributed by atoms with Crippen molar-refractivity contribution in [3.63, 3.8) is 0 Å². The second-order valence-electron chi connectivity index (χ2n) is 6.40. The van der Waals surface area contributed by atoms with E-state index in [9.17, 15) is 9.59 Å². The number of carbonyl (C=O) groups is 2. The number of pyridine rings is 1. The molecule has 7 nitrogen and oxygen atoms in total. The van der Waals surface area contributed by atoms with Crippen LogP contribution in [0, 0.1) is 0 Å². The molecule has 2 atom stereocenters. The van der Waals surface area contributed by atoms with Gasteiger partial charge in [-0.25, -0.2) is 9.78 Å². The summed E-state index contributed by atoms with van der Waals surface area (Å²) < 4.78 is 11.2. The predicted molar refractivity (Wildman–Crippen MR) is 88.7 cm³/mol. The Hall–Kier alpha value is -2.31. The van der Waals surface area contributed by atoms with Crippen LogP contribution < -0.4 is 15.4 Å². The predicted octanol–water partition coefficient (Wildman–Crippen LogP) is 2.04. The molecule has 1 fully saturated rings. The summed E-state index contributed by atoms with van der Waals surface area (Å²) in [5.41, 5.74) is 5.73. The van der Waals surface area contributed by atoms with Gasteiger partial charge >= 0.3 is 5.97 Å². The lowest BCUT2D eigenvalue weighted by atomic mass is 9.98. The fraction of sp³-hybridized carbons (Fsp3) is 0.588. The molecule has 1 aromatic rings. The zero-order valence-corrected chi connectivity index (χ0v) is 14.0. The Kier molecular flexibility index (Phi) is 4.59. The van der Waals surface area contributed by atoms with Gasteiger partial charge in [0, 0.05) is 0 Å². The van der Waals surface area contributed by atoms with E-state index in [0.717, 1.165) is 25.7 Å². The number of carbonyl (C=O) groups excluding carboxylic acids is 2. The molecule has 0 spiro atoms. The van der Waals surface area contributed by atoms with Gasteiger partial charge < -0.3 is 15.2 Å². The number of anilines is 2. The first-order chi connectivity index (χ1) is 11.5. The van der Waals surface area contributed by atoms with E-state index >= 15 is 0 Å². The van der Waals surface area contributed by atoms with Crippen LogP contribution in [0.3, 0.4) is 0 Å². The molecule has 1 amide bonds. The second kappa shape index (κ2) is 6.67. The van der Waals surface area contributed by atoms with Crippen molar-refractivity contribution in [1.82, 2.24) is 4.98 Å². The Balaban J connectivity index is 1.82. The summed E-state index contributed by atoms with van der Waals surface area (Å²) in [5, 5.41) is 0. The summed E-state index contributed by atoms with van der Waals surface area (Å²) in [5.74, 6) is 0.227. The number of hydrogen-bond acceptors (Lipinski definition) is 6. The van der Waals surface area contributed by atoms with Crippen LogP contribution >= 0.6 is 0 Å². The summed E-state index contributed by atoms with van der Waals surface area (Å²) in [6, 6.07) is 2.48. The van der Waals surface area contributed by atoms with Gasteiger partial charge in [0.05, 0.1) is 0 Å². The summed E-state index contributed by atoms with van der Waals surface area (Å²) in [7, 11) is 0. The first kappa shape index (κ1) is 16.5. The Morgan fingerprint density at radius 3 is 2.79 bits per heavy atom. The number of hydrogen-bond donors (Lipinski definition) is 1. The summed E-state index contributed by atoms with van der Waals surface area (Å²) in [4.78, 5) is 30.6. The largest absolute Gasteiger partial charge is 0.477 e. The van der Waals surface area contributed by atoms with Crippen LogP contribution in [-0.4, -0.2) is 35.1 Å². The van der Waals surface area contributed by atoms with Crippen LogP contribution in [0.15, 0.2) is 12.1 Å². The van der Waals surface area contributed by atoms with Crippen molar-refractivity contribution < 1.29 is 19.1 Å². The average molecular weight is 333 g/mol. The van der Waals surface area contributed by atoms with Crippen LogP contribution in [0.25, 0.3) is 0 Å². The lowest BCUT2D eigenvalue weighted by molar-refractivity contribution is -0.153. The quantitative estimate of drug-likeness (QED) is 0.851. The van der Waals surface area contributed by atoms with Crippen molar-refractivity contribution in [2.45, 2.75) is 64.2 Å². The Morgan fingerprint density at radius 1 is 1.38 bits per heavy atom. The minimum Gasteiger partial charge on any atom is -0.477 e. The fourth-order valence-corrected chi connectivity index (χ4v) is 3.18. The SMILES string of the molecule is CC1Oc2ccc(N)nc2N(C(C)C(=O)OC2CCCCC2)C1=O. The first-order valence-electron chi connectivity index (χ1n) is 8.44. The second-order valence-corrected chi connectivity index (χ2v) is 6.40. The zero-order valence-electron chi connectivity index (χ0n) is 14.0. The minimum atomic E-state index is -0.779. The topological polar surface area (TPSA) is 94.8 Å². The van der Waals surface area contributed by atoms with Gasteiger partial charge in [-0.05, 0) is 51.7 Å². The highest BCUT2D eigenvalue weighted by molar-refractivity contribution is 6.03. The monoisotopic (exact) mass is 333 g/mol. The zero-order chi connectivity index (χ0) is 17.3. The molecule has 0 radical (unpaired) electrons. The molecule has 0 aromatic carbocycles. The molecule has 1 aromatic heterocycles. The molecule has 0 bridgehead atoms. The third-order valence-corrected chi connectivity index (χ3v) is 4.54. The molecular weight excluding hydrogens is 310 g/mol. The highest BCUT2D eigenvalue weighted by Crippen LogP contribution is 2.34. The summed E-state index contributed by atoms with van der Waals surface area (Å²) in [6.45, 7) is 3.30. The lowest BCUT2D eigenvalue weighted by Gasteiger charge is -2.35. The number of amides is 1. The molecule has 1 saturated carbocycles. The number of esters is 1. The Bertz CT molecular complexity index is 643. The molecule has 2 unspecified atom stereocenters. The smallest absolute Gasteiger partial charge is 0.329 e. The van der Waals surface area contributed by atoms with E-state index in [1.165, 1.54) is 11.3 Å². The molecule has 2 N–H and O–H groups in total. The number of nitrogens with zero attached hydrogens (tertiary/aromatic N) is 2. The molecule has 1 aliphatic heterocycles. The summed E-state index contributed by atoms with van der Waals surface area (Å²) >= 11 is 0. The molecule has 24 heavy (non-hydrogen) atoms. The number of rotatable bonds is 3. The van der Waals surface area contributed by atoms with Crippen molar-refractivity contribution in [3.8, 4) is 5.75 Å². The molecule has 3 rings (SSSR count). The van der Waals surface area contributed by atoms with E-state index in [1.54, 1.807) is 26.0 Å². The minimum absolute atomic E-state index is 0.0597. The number of nitrogens with two attached hydrogens (primary N) is 1. The van der Waals surface area contributed by atoms with Gasteiger partial charge in [0.2, 0.25) is 0 Å².